The molecule has 0 unspecified atom stereocenters. The molecule has 4 rings (SSSR count). The van der Waals surface area contributed by atoms with Crippen LogP contribution in [0.4, 0.5) is 5.82 Å². The average molecular weight is 430 g/mol. The molecule has 0 atom stereocenters. The fourth-order valence-electron chi connectivity index (χ4n) is 3.85. The zero-order valence-corrected chi connectivity index (χ0v) is 17.9. The van der Waals surface area contributed by atoms with Crippen LogP contribution in [0.2, 0.25) is 5.02 Å². The first-order valence-corrected chi connectivity index (χ1v) is 11.3. The van der Waals surface area contributed by atoms with Gasteiger partial charge in [0.2, 0.25) is 0 Å². The number of fused-ring (bicyclic) bond motifs is 1. The van der Waals surface area contributed by atoms with Crippen LogP contribution in [0, 0.1) is 20.8 Å². The van der Waals surface area contributed by atoms with Crippen molar-refractivity contribution in [2.45, 2.75) is 32.3 Å². The third-order valence-corrected chi connectivity index (χ3v) is 6.69. The molecule has 1 aromatic heterocycles. The van der Waals surface area contributed by atoms with Gasteiger partial charge in [0, 0.05) is 16.1 Å². The zero-order chi connectivity index (χ0) is 20.9. The molecule has 29 heavy (non-hydrogen) atoms. The van der Waals surface area contributed by atoms with Crippen LogP contribution >= 0.6 is 11.6 Å². The summed E-state index contributed by atoms with van der Waals surface area (Å²) in [6.07, 6.45) is 0. The van der Waals surface area contributed by atoms with Crippen LogP contribution in [0.15, 0.2) is 36.4 Å². The molecule has 0 fully saturated rings. The van der Waals surface area contributed by atoms with Gasteiger partial charge in [-0.25, -0.2) is 13.1 Å². The van der Waals surface area contributed by atoms with E-state index in [-0.39, 0.29) is 17.4 Å². The number of carbonyl (C=O) groups excluding carboxylic acids is 1. The van der Waals surface area contributed by atoms with Crippen LogP contribution < -0.4 is 5.32 Å². The van der Waals surface area contributed by atoms with E-state index in [1.807, 2.05) is 32.9 Å². The SMILES string of the molecule is Cc1cc(C)c(C(=O)Nc2c3c(nn2-c2ccc(Cl)cc2)CS(=O)(=O)C3)c(C)c1. The quantitative estimate of drug-likeness (QED) is 0.678. The lowest BCUT2D eigenvalue weighted by Crippen LogP contribution is -2.19. The third-order valence-electron chi connectivity index (χ3n) is 4.99. The minimum Gasteiger partial charge on any atom is -0.306 e. The van der Waals surface area contributed by atoms with Crippen molar-refractivity contribution in [3.8, 4) is 5.69 Å². The summed E-state index contributed by atoms with van der Waals surface area (Å²) in [6.45, 7) is 5.76. The minimum absolute atomic E-state index is 0.131. The van der Waals surface area contributed by atoms with E-state index in [1.165, 1.54) is 0 Å². The summed E-state index contributed by atoms with van der Waals surface area (Å²) in [5.41, 5.74) is 5.07. The van der Waals surface area contributed by atoms with Crippen molar-refractivity contribution < 1.29 is 13.2 Å². The first kappa shape index (κ1) is 19.7. The van der Waals surface area contributed by atoms with Crippen LogP contribution in [0.5, 0.6) is 0 Å². The molecular weight excluding hydrogens is 410 g/mol. The van der Waals surface area contributed by atoms with Crippen molar-refractivity contribution in [3.63, 3.8) is 0 Å². The van der Waals surface area contributed by atoms with Crippen molar-refractivity contribution >= 4 is 33.2 Å². The number of nitrogens with zero attached hydrogens (tertiary/aromatic N) is 2. The van der Waals surface area contributed by atoms with Gasteiger partial charge in [0.25, 0.3) is 5.91 Å². The molecule has 0 saturated heterocycles. The van der Waals surface area contributed by atoms with Crippen LogP contribution in [-0.2, 0) is 21.3 Å². The number of hydrogen-bond donors (Lipinski definition) is 1. The number of hydrogen-bond acceptors (Lipinski definition) is 4. The lowest BCUT2D eigenvalue weighted by molar-refractivity contribution is 0.102. The topological polar surface area (TPSA) is 81.1 Å². The second kappa shape index (κ2) is 7.00. The first-order valence-electron chi connectivity index (χ1n) is 9.11. The Bertz CT molecular complexity index is 1220. The number of anilines is 1. The molecule has 1 aliphatic heterocycles. The monoisotopic (exact) mass is 429 g/mol. The van der Waals surface area contributed by atoms with E-state index in [0.29, 0.717) is 33.3 Å². The first-order chi connectivity index (χ1) is 13.6. The molecule has 1 amide bonds. The van der Waals surface area contributed by atoms with Gasteiger partial charge >= 0.3 is 0 Å². The summed E-state index contributed by atoms with van der Waals surface area (Å²) >= 11 is 5.98. The van der Waals surface area contributed by atoms with E-state index in [4.69, 9.17) is 11.6 Å². The predicted octanol–water partition coefficient (Wildman–Crippen LogP) is 4.13. The third kappa shape index (κ3) is 3.68. The van der Waals surface area contributed by atoms with Crippen molar-refractivity contribution in [2.75, 3.05) is 5.32 Å². The number of carbonyl (C=O) groups is 1. The standard InChI is InChI=1S/C21H20ClN3O3S/c1-12-8-13(2)19(14(3)9-12)21(26)23-20-17-10-29(27,28)11-18(17)24-25(20)16-6-4-15(22)5-7-16/h4-9H,10-11H2,1-3H3,(H,23,26). The van der Waals surface area contributed by atoms with Gasteiger partial charge in [-0.1, -0.05) is 29.3 Å². The molecule has 0 bridgehead atoms. The number of aromatic nitrogens is 2. The fraction of sp³-hybridized carbons (Fsp3) is 0.238. The number of rotatable bonds is 3. The molecule has 1 aliphatic rings. The minimum atomic E-state index is -3.26. The maximum atomic E-state index is 13.1. The number of aryl methyl sites for hydroxylation is 3. The summed E-state index contributed by atoms with van der Waals surface area (Å²) in [5.74, 6) is -0.179. The van der Waals surface area contributed by atoms with Crippen molar-refractivity contribution in [3.05, 3.63) is 74.9 Å². The Balaban J connectivity index is 1.81. The highest BCUT2D eigenvalue weighted by Gasteiger charge is 2.33. The second-order valence-corrected chi connectivity index (χ2v) is 9.92. The molecular formula is C21H20ClN3O3S. The molecule has 2 aromatic carbocycles. The Kier molecular flexibility index (Phi) is 4.75. The van der Waals surface area contributed by atoms with Gasteiger partial charge in [-0.15, -0.1) is 0 Å². The summed E-state index contributed by atoms with van der Waals surface area (Å²) in [4.78, 5) is 13.1. The highest BCUT2D eigenvalue weighted by atomic mass is 35.5. The molecule has 0 saturated carbocycles. The lowest BCUT2D eigenvalue weighted by Gasteiger charge is -2.14. The van der Waals surface area contributed by atoms with Crippen molar-refractivity contribution in [1.82, 2.24) is 9.78 Å². The van der Waals surface area contributed by atoms with Gasteiger partial charge in [0.05, 0.1) is 22.9 Å². The van der Waals surface area contributed by atoms with Crippen LogP contribution in [-0.4, -0.2) is 24.1 Å². The van der Waals surface area contributed by atoms with Crippen LogP contribution in [0.3, 0.4) is 0 Å². The van der Waals surface area contributed by atoms with E-state index in [2.05, 4.69) is 10.4 Å². The number of amides is 1. The van der Waals surface area contributed by atoms with Gasteiger partial charge in [0.1, 0.15) is 5.82 Å². The van der Waals surface area contributed by atoms with E-state index in [0.717, 1.165) is 16.7 Å². The molecule has 6 nitrogen and oxygen atoms in total. The molecule has 3 aromatic rings. The fourth-order valence-corrected chi connectivity index (χ4v) is 5.47. The second-order valence-electron chi connectivity index (χ2n) is 7.42. The van der Waals surface area contributed by atoms with Gasteiger partial charge in [-0.05, 0) is 56.2 Å². The Morgan fingerprint density at radius 2 is 1.69 bits per heavy atom. The Labute approximate surface area is 174 Å². The van der Waals surface area contributed by atoms with E-state index in [9.17, 15) is 13.2 Å². The van der Waals surface area contributed by atoms with Crippen molar-refractivity contribution in [2.24, 2.45) is 0 Å². The predicted molar refractivity (Wildman–Crippen MR) is 114 cm³/mol. The number of benzene rings is 2. The molecule has 150 valence electrons. The molecule has 2 heterocycles. The van der Waals surface area contributed by atoms with E-state index in [1.54, 1.807) is 28.9 Å². The molecule has 0 aliphatic carbocycles. The maximum absolute atomic E-state index is 13.1. The number of sulfone groups is 1. The highest BCUT2D eigenvalue weighted by Crippen LogP contribution is 2.33. The van der Waals surface area contributed by atoms with Crippen LogP contribution in [0.1, 0.15) is 38.3 Å². The Morgan fingerprint density at radius 3 is 2.31 bits per heavy atom. The van der Waals surface area contributed by atoms with Crippen molar-refractivity contribution in [1.29, 1.82) is 0 Å². The average Bonchev–Trinajstić information content (AvgIpc) is 3.07. The summed E-state index contributed by atoms with van der Waals surface area (Å²) in [6, 6.07) is 10.9. The summed E-state index contributed by atoms with van der Waals surface area (Å²) in [7, 11) is -3.26. The van der Waals surface area contributed by atoms with Gasteiger partial charge in [-0.2, -0.15) is 5.10 Å². The molecule has 0 spiro atoms. The lowest BCUT2D eigenvalue weighted by atomic mass is 9.99. The number of nitrogens with one attached hydrogen (secondary N) is 1. The molecule has 1 N–H and O–H groups in total. The smallest absolute Gasteiger partial charge is 0.257 e. The summed E-state index contributed by atoms with van der Waals surface area (Å²) in [5, 5.41) is 7.97. The van der Waals surface area contributed by atoms with E-state index >= 15 is 0 Å². The van der Waals surface area contributed by atoms with E-state index < -0.39 is 9.84 Å². The molecule has 0 radical (unpaired) electrons. The maximum Gasteiger partial charge on any atom is 0.257 e. The van der Waals surface area contributed by atoms with Crippen LogP contribution in [0.25, 0.3) is 5.69 Å². The Morgan fingerprint density at radius 1 is 1.07 bits per heavy atom. The molecule has 8 heteroatoms. The van der Waals surface area contributed by atoms with Gasteiger partial charge in [-0.3, -0.25) is 4.79 Å². The van der Waals surface area contributed by atoms with Gasteiger partial charge in [0.15, 0.2) is 9.84 Å². The number of halogens is 1. The highest BCUT2D eigenvalue weighted by molar-refractivity contribution is 7.90. The Hall–Kier alpha value is -2.64. The van der Waals surface area contributed by atoms with Gasteiger partial charge < -0.3 is 5.32 Å². The largest absolute Gasteiger partial charge is 0.306 e. The summed E-state index contributed by atoms with van der Waals surface area (Å²) < 4.78 is 25.8. The normalized spacial score (nSPS) is 14.6. The zero-order valence-electron chi connectivity index (χ0n) is 16.3.